The SMILES string of the molecule is COC1(COCCC2CCNCC2)CCN(C(=O)OC(C)(C)C)CC1. The highest BCUT2D eigenvalue weighted by molar-refractivity contribution is 5.68. The van der Waals surface area contributed by atoms with Crippen molar-refractivity contribution in [2.45, 2.75) is 64.1 Å². The first kappa shape index (κ1) is 20.5. The van der Waals surface area contributed by atoms with Crippen molar-refractivity contribution in [2.75, 3.05) is 46.5 Å². The second-order valence-electron chi connectivity index (χ2n) is 8.39. The number of nitrogens with one attached hydrogen (secondary N) is 1. The normalized spacial score (nSPS) is 22.0. The molecule has 0 bridgehead atoms. The van der Waals surface area contributed by atoms with Gasteiger partial charge in [0.15, 0.2) is 0 Å². The summed E-state index contributed by atoms with van der Waals surface area (Å²) in [6.07, 6.45) is 4.98. The fourth-order valence-electron chi connectivity index (χ4n) is 3.51. The van der Waals surface area contributed by atoms with Crippen LogP contribution in [0.25, 0.3) is 0 Å². The van der Waals surface area contributed by atoms with Crippen molar-refractivity contribution in [3.05, 3.63) is 0 Å². The van der Waals surface area contributed by atoms with E-state index >= 15 is 0 Å². The number of carbonyl (C=O) groups is 1. The van der Waals surface area contributed by atoms with Gasteiger partial charge in [0.05, 0.1) is 12.2 Å². The molecule has 25 heavy (non-hydrogen) atoms. The van der Waals surface area contributed by atoms with Gasteiger partial charge in [0.2, 0.25) is 0 Å². The Bertz CT molecular complexity index is 408. The maximum Gasteiger partial charge on any atom is 0.410 e. The smallest absolute Gasteiger partial charge is 0.410 e. The predicted molar refractivity (Wildman–Crippen MR) is 97.8 cm³/mol. The van der Waals surface area contributed by atoms with E-state index < -0.39 is 5.60 Å². The van der Waals surface area contributed by atoms with Crippen LogP contribution in [0.5, 0.6) is 0 Å². The second kappa shape index (κ2) is 9.19. The van der Waals surface area contributed by atoms with Gasteiger partial charge in [-0.15, -0.1) is 0 Å². The lowest BCUT2D eigenvalue weighted by molar-refractivity contribution is -0.107. The maximum absolute atomic E-state index is 12.2. The minimum Gasteiger partial charge on any atom is -0.444 e. The molecule has 2 fully saturated rings. The standard InChI is InChI=1S/C19H36N2O4/c1-18(2,3)25-17(22)21-12-8-19(23-4,9-13-21)15-24-14-7-16-5-10-20-11-6-16/h16,20H,5-15H2,1-4H3. The number of carbonyl (C=O) groups excluding carboxylic acids is 1. The molecule has 0 aliphatic carbocycles. The van der Waals surface area contributed by atoms with E-state index in [1.165, 1.54) is 12.8 Å². The highest BCUT2D eigenvalue weighted by atomic mass is 16.6. The Morgan fingerprint density at radius 3 is 2.40 bits per heavy atom. The molecule has 0 aromatic rings. The molecule has 0 aromatic heterocycles. The second-order valence-corrected chi connectivity index (χ2v) is 8.39. The van der Waals surface area contributed by atoms with Crippen LogP contribution >= 0.6 is 0 Å². The van der Waals surface area contributed by atoms with E-state index in [1.807, 2.05) is 20.8 Å². The molecule has 0 radical (unpaired) electrons. The number of likely N-dealkylation sites (tertiary alicyclic amines) is 1. The Morgan fingerprint density at radius 1 is 1.20 bits per heavy atom. The molecule has 2 aliphatic heterocycles. The molecule has 6 heteroatoms. The first-order valence-electron chi connectivity index (χ1n) is 9.65. The Morgan fingerprint density at radius 2 is 1.84 bits per heavy atom. The molecule has 146 valence electrons. The van der Waals surface area contributed by atoms with Crippen molar-refractivity contribution in [3.8, 4) is 0 Å². The van der Waals surface area contributed by atoms with Crippen LogP contribution in [-0.4, -0.2) is 68.7 Å². The van der Waals surface area contributed by atoms with Crippen LogP contribution in [0.4, 0.5) is 4.79 Å². The number of hydrogen-bond donors (Lipinski definition) is 1. The molecule has 2 rings (SSSR count). The molecule has 2 saturated heterocycles. The Labute approximate surface area is 152 Å². The summed E-state index contributed by atoms with van der Waals surface area (Å²) < 4.78 is 17.2. The lowest BCUT2D eigenvalue weighted by Crippen LogP contribution is -2.51. The number of hydrogen-bond acceptors (Lipinski definition) is 5. The van der Waals surface area contributed by atoms with Gasteiger partial charge in [-0.2, -0.15) is 0 Å². The third-order valence-corrected chi connectivity index (χ3v) is 5.25. The van der Waals surface area contributed by atoms with Crippen molar-refractivity contribution in [3.63, 3.8) is 0 Å². The fourth-order valence-corrected chi connectivity index (χ4v) is 3.51. The number of nitrogens with zero attached hydrogens (tertiary/aromatic N) is 1. The molecular weight excluding hydrogens is 320 g/mol. The topological polar surface area (TPSA) is 60.0 Å². The molecule has 2 aliphatic rings. The number of rotatable bonds is 6. The lowest BCUT2D eigenvalue weighted by atomic mass is 9.92. The van der Waals surface area contributed by atoms with E-state index in [1.54, 1.807) is 12.0 Å². The number of amides is 1. The van der Waals surface area contributed by atoms with Crippen LogP contribution in [0.2, 0.25) is 0 Å². The van der Waals surface area contributed by atoms with Crippen molar-refractivity contribution in [1.29, 1.82) is 0 Å². The summed E-state index contributed by atoms with van der Waals surface area (Å²) in [6.45, 7) is 10.7. The van der Waals surface area contributed by atoms with Gasteiger partial charge in [-0.1, -0.05) is 0 Å². The first-order valence-corrected chi connectivity index (χ1v) is 9.65. The van der Waals surface area contributed by atoms with Gasteiger partial charge < -0.3 is 24.4 Å². The Kier molecular flexibility index (Phi) is 7.52. The zero-order valence-corrected chi connectivity index (χ0v) is 16.4. The summed E-state index contributed by atoms with van der Waals surface area (Å²) >= 11 is 0. The van der Waals surface area contributed by atoms with Gasteiger partial charge >= 0.3 is 6.09 Å². The zero-order chi connectivity index (χ0) is 18.3. The van der Waals surface area contributed by atoms with Crippen molar-refractivity contribution >= 4 is 6.09 Å². The van der Waals surface area contributed by atoms with E-state index in [4.69, 9.17) is 14.2 Å². The van der Waals surface area contributed by atoms with Crippen LogP contribution < -0.4 is 5.32 Å². The van der Waals surface area contributed by atoms with E-state index in [0.29, 0.717) is 19.7 Å². The van der Waals surface area contributed by atoms with Gasteiger partial charge in [-0.05, 0) is 71.9 Å². The van der Waals surface area contributed by atoms with E-state index in [0.717, 1.165) is 44.9 Å². The summed E-state index contributed by atoms with van der Waals surface area (Å²) in [7, 11) is 1.75. The van der Waals surface area contributed by atoms with E-state index in [9.17, 15) is 4.79 Å². The average molecular weight is 357 g/mol. The fraction of sp³-hybridized carbons (Fsp3) is 0.947. The zero-order valence-electron chi connectivity index (χ0n) is 16.4. The third-order valence-electron chi connectivity index (χ3n) is 5.25. The maximum atomic E-state index is 12.2. The third kappa shape index (κ3) is 6.76. The average Bonchev–Trinajstić information content (AvgIpc) is 2.59. The first-order chi connectivity index (χ1) is 11.8. The summed E-state index contributed by atoms with van der Waals surface area (Å²) in [5.41, 5.74) is -0.725. The van der Waals surface area contributed by atoms with Crippen LogP contribution in [0.15, 0.2) is 0 Å². The van der Waals surface area contributed by atoms with Gasteiger partial charge in [0.1, 0.15) is 5.60 Å². The van der Waals surface area contributed by atoms with Crippen LogP contribution in [-0.2, 0) is 14.2 Å². The summed E-state index contributed by atoms with van der Waals surface area (Å²) in [4.78, 5) is 14.0. The van der Waals surface area contributed by atoms with Crippen molar-refractivity contribution < 1.29 is 19.0 Å². The van der Waals surface area contributed by atoms with Gasteiger partial charge in [-0.3, -0.25) is 0 Å². The van der Waals surface area contributed by atoms with Gasteiger partial charge in [0, 0.05) is 26.8 Å². The summed E-state index contributed by atoms with van der Waals surface area (Å²) in [5.74, 6) is 0.786. The highest BCUT2D eigenvalue weighted by Crippen LogP contribution is 2.27. The molecule has 0 unspecified atom stereocenters. The molecule has 6 nitrogen and oxygen atoms in total. The molecule has 0 spiro atoms. The predicted octanol–water partition coefficient (Wildman–Crippen LogP) is 2.81. The molecule has 0 aromatic carbocycles. The molecule has 1 amide bonds. The number of piperidine rings is 2. The molecular formula is C19H36N2O4. The summed E-state index contributed by atoms with van der Waals surface area (Å²) in [5, 5.41) is 3.40. The minimum atomic E-state index is -0.454. The monoisotopic (exact) mass is 356 g/mol. The van der Waals surface area contributed by atoms with Gasteiger partial charge in [-0.25, -0.2) is 4.79 Å². The van der Waals surface area contributed by atoms with E-state index in [-0.39, 0.29) is 11.7 Å². The molecule has 0 saturated carbocycles. The highest BCUT2D eigenvalue weighted by Gasteiger charge is 2.37. The minimum absolute atomic E-state index is 0.232. The number of ether oxygens (including phenoxy) is 3. The largest absolute Gasteiger partial charge is 0.444 e. The van der Waals surface area contributed by atoms with Crippen LogP contribution in [0.1, 0.15) is 52.9 Å². The Balaban J connectivity index is 1.70. The molecule has 0 atom stereocenters. The Hall–Kier alpha value is -0.850. The molecule has 1 N–H and O–H groups in total. The van der Waals surface area contributed by atoms with Crippen LogP contribution in [0, 0.1) is 5.92 Å². The van der Waals surface area contributed by atoms with Crippen molar-refractivity contribution in [2.24, 2.45) is 5.92 Å². The van der Waals surface area contributed by atoms with Crippen LogP contribution in [0.3, 0.4) is 0 Å². The quantitative estimate of drug-likeness (QED) is 0.742. The molecule has 2 heterocycles. The van der Waals surface area contributed by atoms with E-state index in [2.05, 4.69) is 5.32 Å². The van der Waals surface area contributed by atoms with Gasteiger partial charge in [0.25, 0.3) is 0 Å². The lowest BCUT2D eigenvalue weighted by Gasteiger charge is -2.40. The summed E-state index contributed by atoms with van der Waals surface area (Å²) in [6, 6.07) is 0. The number of methoxy groups -OCH3 is 1. The van der Waals surface area contributed by atoms with Crippen molar-refractivity contribution in [1.82, 2.24) is 10.2 Å².